The van der Waals surface area contributed by atoms with Crippen molar-refractivity contribution in [3.05, 3.63) is 53.7 Å². The highest BCUT2D eigenvalue weighted by Crippen LogP contribution is 2.10. The summed E-state index contributed by atoms with van der Waals surface area (Å²) in [5.74, 6) is -0.414. The van der Waals surface area contributed by atoms with Gasteiger partial charge in [0, 0.05) is 6.54 Å². The zero-order chi connectivity index (χ0) is 19.5. The summed E-state index contributed by atoms with van der Waals surface area (Å²) < 4.78 is 15.5. The lowest BCUT2D eigenvalue weighted by Crippen LogP contribution is -2.34. The lowest BCUT2D eigenvalue weighted by Gasteiger charge is -2.21. The van der Waals surface area contributed by atoms with Crippen molar-refractivity contribution >= 4 is 11.9 Å². The van der Waals surface area contributed by atoms with Crippen molar-refractivity contribution < 1.29 is 23.5 Å². The maximum atomic E-state index is 12.6. The molecular formula is C20H26N2O5. The number of esters is 1. The summed E-state index contributed by atoms with van der Waals surface area (Å²) in [6.07, 6.45) is 4.19. The number of benzene rings is 1. The molecule has 1 heterocycles. The fourth-order valence-electron chi connectivity index (χ4n) is 2.51. The SMILES string of the molecule is CCCCCN(Cc1nc(C(=O)OC)co1)C(=O)COCc1ccccc1. The molecule has 0 unspecified atom stereocenters. The molecule has 0 aliphatic carbocycles. The van der Waals surface area contributed by atoms with Crippen LogP contribution in [0.1, 0.15) is 48.1 Å². The Hall–Kier alpha value is -2.67. The minimum atomic E-state index is -0.569. The van der Waals surface area contributed by atoms with Crippen LogP contribution in [0, 0.1) is 0 Å². The molecule has 1 aromatic carbocycles. The molecule has 0 aliphatic heterocycles. The number of ether oxygens (including phenoxy) is 2. The van der Waals surface area contributed by atoms with E-state index in [9.17, 15) is 9.59 Å². The van der Waals surface area contributed by atoms with Crippen LogP contribution < -0.4 is 0 Å². The van der Waals surface area contributed by atoms with Gasteiger partial charge in [0.15, 0.2) is 5.69 Å². The van der Waals surface area contributed by atoms with E-state index in [1.807, 2.05) is 30.3 Å². The number of carbonyl (C=O) groups excluding carboxylic acids is 2. The van der Waals surface area contributed by atoms with E-state index in [0.717, 1.165) is 24.8 Å². The van der Waals surface area contributed by atoms with E-state index in [1.165, 1.54) is 13.4 Å². The third-order valence-electron chi connectivity index (χ3n) is 3.99. The fourth-order valence-corrected chi connectivity index (χ4v) is 2.51. The van der Waals surface area contributed by atoms with Gasteiger partial charge >= 0.3 is 5.97 Å². The first-order valence-electron chi connectivity index (χ1n) is 9.06. The van der Waals surface area contributed by atoms with Gasteiger partial charge in [0.25, 0.3) is 0 Å². The maximum Gasteiger partial charge on any atom is 0.360 e. The molecule has 2 aromatic rings. The second-order valence-electron chi connectivity index (χ2n) is 6.12. The van der Waals surface area contributed by atoms with Crippen molar-refractivity contribution in [1.29, 1.82) is 0 Å². The third-order valence-corrected chi connectivity index (χ3v) is 3.99. The Morgan fingerprint density at radius 2 is 1.96 bits per heavy atom. The standard InChI is InChI=1S/C20H26N2O5/c1-3-4-8-11-22(12-18-21-17(14-27-18)20(24)25-2)19(23)15-26-13-16-9-6-5-7-10-16/h5-7,9-10,14H,3-4,8,11-13,15H2,1-2H3. The zero-order valence-corrected chi connectivity index (χ0v) is 15.8. The van der Waals surface area contributed by atoms with Crippen LogP contribution in [0.2, 0.25) is 0 Å². The van der Waals surface area contributed by atoms with Crippen molar-refractivity contribution in [2.75, 3.05) is 20.3 Å². The van der Waals surface area contributed by atoms with Gasteiger partial charge in [-0.15, -0.1) is 0 Å². The van der Waals surface area contributed by atoms with E-state index in [2.05, 4.69) is 16.6 Å². The second kappa shape index (κ2) is 11.1. The van der Waals surface area contributed by atoms with Gasteiger partial charge in [-0.3, -0.25) is 4.79 Å². The molecule has 0 bridgehead atoms. The fraction of sp³-hybridized carbons (Fsp3) is 0.450. The van der Waals surface area contributed by atoms with Crippen LogP contribution in [0.25, 0.3) is 0 Å². The summed E-state index contributed by atoms with van der Waals surface area (Å²) in [6, 6.07) is 9.69. The molecular weight excluding hydrogens is 348 g/mol. The molecule has 0 saturated heterocycles. The molecule has 0 N–H and O–H groups in total. The number of hydrogen-bond donors (Lipinski definition) is 0. The van der Waals surface area contributed by atoms with Gasteiger partial charge in [0.1, 0.15) is 12.9 Å². The highest BCUT2D eigenvalue weighted by molar-refractivity contribution is 5.86. The van der Waals surface area contributed by atoms with Gasteiger partial charge in [-0.1, -0.05) is 50.1 Å². The number of oxazole rings is 1. The Balaban J connectivity index is 1.92. The molecule has 1 amide bonds. The molecule has 0 atom stereocenters. The largest absolute Gasteiger partial charge is 0.464 e. The number of rotatable bonds is 11. The molecule has 0 radical (unpaired) electrons. The van der Waals surface area contributed by atoms with Gasteiger partial charge in [-0.25, -0.2) is 9.78 Å². The summed E-state index contributed by atoms with van der Waals surface area (Å²) in [7, 11) is 1.28. The van der Waals surface area contributed by atoms with Crippen LogP contribution in [0.3, 0.4) is 0 Å². The van der Waals surface area contributed by atoms with Crippen LogP contribution in [0.4, 0.5) is 0 Å². The zero-order valence-electron chi connectivity index (χ0n) is 15.8. The highest BCUT2D eigenvalue weighted by Gasteiger charge is 2.19. The minimum absolute atomic E-state index is 0.0222. The second-order valence-corrected chi connectivity index (χ2v) is 6.12. The van der Waals surface area contributed by atoms with E-state index >= 15 is 0 Å². The van der Waals surface area contributed by atoms with Crippen molar-refractivity contribution in [1.82, 2.24) is 9.88 Å². The lowest BCUT2D eigenvalue weighted by atomic mass is 10.2. The Kier molecular flexibility index (Phi) is 8.51. The summed E-state index contributed by atoms with van der Waals surface area (Å²) >= 11 is 0. The molecule has 146 valence electrons. The monoisotopic (exact) mass is 374 g/mol. The molecule has 27 heavy (non-hydrogen) atoms. The average Bonchev–Trinajstić information content (AvgIpc) is 3.16. The number of unbranched alkanes of at least 4 members (excludes halogenated alkanes) is 2. The van der Waals surface area contributed by atoms with Crippen molar-refractivity contribution in [2.45, 2.75) is 39.3 Å². The number of nitrogens with zero attached hydrogens (tertiary/aromatic N) is 2. The Morgan fingerprint density at radius 3 is 2.67 bits per heavy atom. The molecule has 2 rings (SSSR count). The smallest absolute Gasteiger partial charge is 0.360 e. The number of carbonyl (C=O) groups is 2. The predicted octanol–water partition coefficient (Wildman–Crippen LogP) is 3.20. The molecule has 0 saturated carbocycles. The molecule has 0 spiro atoms. The van der Waals surface area contributed by atoms with Crippen molar-refractivity contribution in [3.8, 4) is 0 Å². The summed E-state index contributed by atoms with van der Waals surface area (Å²) in [6.45, 7) is 3.23. The van der Waals surface area contributed by atoms with E-state index in [1.54, 1.807) is 4.90 Å². The van der Waals surface area contributed by atoms with Crippen LogP contribution >= 0.6 is 0 Å². The maximum absolute atomic E-state index is 12.6. The van der Waals surface area contributed by atoms with Crippen LogP contribution in [0.5, 0.6) is 0 Å². The molecule has 7 heteroatoms. The van der Waals surface area contributed by atoms with E-state index in [4.69, 9.17) is 9.15 Å². The normalized spacial score (nSPS) is 10.6. The predicted molar refractivity (Wildman–Crippen MR) is 98.9 cm³/mol. The first kappa shape index (κ1) is 20.6. The van der Waals surface area contributed by atoms with Gasteiger partial charge in [0.2, 0.25) is 11.8 Å². The van der Waals surface area contributed by atoms with Gasteiger partial charge < -0.3 is 18.8 Å². The van der Waals surface area contributed by atoms with E-state index in [0.29, 0.717) is 19.0 Å². The number of aromatic nitrogens is 1. The highest BCUT2D eigenvalue weighted by atomic mass is 16.5. The van der Waals surface area contributed by atoms with E-state index in [-0.39, 0.29) is 24.8 Å². The molecule has 0 aliphatic rings. The molecule has 0 fully saturated rings. The molecule has 7 nitrogen and oxygen atoms in total. The molecule has 1 aromatic heterocycles. The van der Waals surface area contributed by atoms with Crippen molar-refractivity contribution in [2.24, 2.45) is 0 Å². The van der Waals surface area contributed by atoms with Crippen LogP contribution in [-0.2, 0) is 27.4 Å². The Labute approximate surface area is 159 Å². The number of methoxy groups -OCH3 is 1. The van der Waals surface area contributed by atoms with Gasteiger partial charge in [0.05, 0.1) is 20.3 Å². The first-order chi connectivity index (χ1) is 13.1. The van der Waals surface area contributed by atoms with Crippen LogP contribution in [-0.4, -0.2) is 42.0 Å². The summed E-state index contributed by atoms with van der Waals surface area (Å²) in [5, 5.41) is 0. The minimum Gasteiger partial charge on any atom is -0.464 e. The quantitative estimate of drug-likeness (QED) is 0.444. The number of amides is 1. The Morgan fingerprint density at radius 1 is 1.19 bits per heavy atom. The first-order valence-corrected chi connectivity index (χ1v) is 9.06. The van der Waals surface area contributed by atoms with E-state index < -0.39 is 5.97 Å². The van der Waals surface area contributed by atoms with Gasteiger partial charge in [-0.05, 0) is 12.0 Å². The topological polar surface area (TPSA) is 81.9 Å². The summed E-state index contributed by atoms with van der Waals surface area (Å²) in [5.41, 5.74) is 1.10. The van der Waals surface area contributed by atoms with Crippen molar-refractivity contribution in [3.63, 3.8) is 0 Å². The number of hydrogen-bond acceptors (Lipinski definition) is 6. The Bertz CT molecular complexity index is 714. The summed E-state index contributed by atoms with van der Waals surface area (Å²) in [4.78, 5) is 29.8. The van der Waals surface area contributed by atoms with Crippen LogP contribution in [0.15, 0.2) is 41.0 Å². The average molecular weight is 374 g/mol. The van der Waals surface area contributed by atoms with Gasteiger partial charge in [-0.2, -0.15) is 0 Å². The lowest BCUT2D eigenvalue weighted by molar-refractivity contribution is -0.137. The third kappa shape index (κ3) is 6.86.